The first-order valence-corrected chi connectivity index (χ1v) is 10.9. The van der Waals surface area contributed by atoms with Crippen LogP contribution in [-0.4, -0.2) is 25.1 Å². The second-order valence-corrected chi connectivity index (χ2v) is 7.95. The van der Waals surface area contributed by atoms with Gasteiger partial charge in [0.2, 0.25) is 0 Å². The van der Waals surface area contributed by atoms with Gasteiger partial charge in [-0.3, -0.25) is 0 Å². The van der Waals surface area contributed by atoms with Crippen molar-refractivity contribution in [1.29, 1.82) is 0 Å². The third kappa shape index (κ3) is 4.46. The van der Waals surface area contributed by atoms with Crippen LogP contribution in [0.4, 0.5) is 0 Å². The van der Waals surface area contributed by atoms with E-state index in [0.29, 0.717) is 6.42 Å². The molecule has 31 heavy (non-hydrogen) atoms. The van der Waals surface area contributed by atoms with Gasteiger partial charge >= 0.3 is 0 Å². The summed E-state index contributed by atoms with van der Waals surface area (Å²) in [6.07, 6.45) is 3.37. The van der Waals surface area contributed by atoms with Crippen molar-refractivity contribution >= 4 is 0 Å². The molecule has 0 saturated heterocycles. The van der Waals surface area contributed by atoms with E-state index in [9.17, 15) is 5.11 Å². The van der Waals surface area contributed by atoms with Crippen molar-refractivity contribution in [2.24, 2.45) is 5.73 Å². The van der Waals surface area contributed by atoms with E-state index in [1.54, 1.807) is 14.2 Å². The van der Waals surface area contributed by atoms with E-state index in [1.807, 2.05) is 78.9 Å². The highest BCUT2D eigenvalue weighted by molar-refractivity contribution is 5.55. The van der Waals surface area contributed by atoms with Gasteiger partial charge in [0.15, 0.2) is 0 Å². The molecule has 0 aliphatic heterocycles. The normalized spacial score (nSPS) is 13.5. The van der Waals surface area contributed by atoms with Crippen LogP contribution in [0.3, 0.4) is 0 Å². The summed E-state index contributed by atoms with van der Waals surface area (Å²) in [5.74, 6) is 1.51. The van der Waals surface area contributed by atoms with Crippen molar-refractivity contribution in [3.05, 3.63) is 95.6 Å². The van der Waals surface area contributed by atoms with Crippen LogP contribution in [0.1, 0.15) is 49.3 Å². The molecular formula is C27H33NO3. The Labute approximate surface area is 185 Å². The molecule has 0 bridgehead atoms. The van der Waals surface area contributed by atoms with Crippen molar-refractivity contribution in [1.82, 2.24) is 0 Å². The van der Waals surface area contributed by atoms with Crippen LogP contribution in [0.15, 0.2) is 78.9 Å². The van der Waals surface area contributed by atoms with Gasteiger partial charge in [0.05, 0.1) is 19.6 Å². The van der Waals surface area contributed by atoms with Gasteiger partial charge in [-0.2, -0.15) is 0 Å². The van der Waals surface area contributed by atoms with Crippen LogP contribution in [-0.2, 0) is 5.41 Å². The van der Waals surface area contributed by atoms with Crippen LogP contribution < -0.4 is 15.2 Å². The average Bonchev–Trinajstić information content (AvgIpc) is 2.81. The summed E-state index contributed by atoms with van der Waals surface area (Å²) in [5.41, 5.74) is 7.13. The minimum atomic E-state index is -1.52. The second kappa shape index (κ2) is 9.99. The molecule has 3 aromatic carbocycles. The van der Waals surface area contributed by atoms with E-state index in [2.05, 4.69) is 6.92 Å². The number of aliphatic hydroxyl groups is 1. The van der Waals surface area contributed by atoms with Crippen molar-refractivity contribution in [2.45, 2.75) is 43.7 Å². The molecular weight excluding hydrogens is 386 g/mol. The largest absolute Gasteiger partial charge is 0.497 e. The quantitative estimate of drug-likeness (QED) is 0.267. The van der Waals surface area contributed by atoms with Crippen molar-refractivity contribution in [2.75, 3.05) is 14.2 Å². The topological polar surface area (TPSA) is 64.7 Å². The molecule has 1 unspecified atom stereocenters. The molecule has 3 rings (SSSR count). The predicted octanol–water partition coefficient (Wildman–Crippen LogP) is 5.27. The Balaban J connectivity index is 2.31. The molecule has 0 saturated carbocycles. The number of hydrogen-bond acceptors (Lipinski definition) is 4. The SMILES string of the molecule is CCCCCC(N)(O)C(c1ccccc1)(c1ccc(OC)cc1)c1ccc(OC)cc1. The maximum Gasteiger partial charge on any atom is 0.131 e. The van der Waals surface area contributed by atoms with Gasteiger partial charge in [0.25, 0.3) is 0 Å². The van der Waals surface area contributed by atoms with E-state index < -0.39 is 11.1 Å². The minimum Gasteiger partial charge on any atom is -0.497 e. The summed E-state index contributed by atoms with van der Waals surface area (Å²) in [4.78, 5) is 0. The van der Waals surface area contributed by atoms with E-state index in [1.165, 1.54) is 0 Å². The lowest BCUT2D eigenvalue weighted by atomic mass is 9.61. The number of benzene rings is 3. The molecule has 164 valence electrons. The summed E-state index contributed by atoms with van der Waals surface area (Å²) >= 11 is 0. The summed E-state index contributed by atoms with van der Waals surface area (Å²) in [7, 11) is 3.29. The van der Waals surface area contributed by atoms with Crippen molar-refractivity contribution in [3.63, 3.8) is 0 Å². The first-order valence-electron chi connectivity index (χ1n) is 10.9. The van der Waals surface area contributed by atoms with Gasteiger partial charge in [-0.1, -0.05) is 74.4 Å². The van der Waals surface area contributed by atoms with Crippen molar-refractivity contribution in [3.8, 4) is 11.5 Å². The molecule has 3 aromatic rings. The summed E-state index contributed by atoms with van der Waals surface area (Å²) in [5, 5.41) is 12.0. The van der Waals surface area contributed by atoms with E-state index >= 15 is 0 Å². The lowest BCUT2D eigenvalue weighted by Gasteiger charge is -2.47. The second-order valence-electron chi connectivity index (χ2n) is 7.95. The van der Waals surface area contributed by atoms with Gasteiger partial charge < -0.3 is 20.3 Å². The standard InChI is InChI=1S/C27H33NO3/c1-4-5-9-20-26(28,29)27(21-10-7-6-8-11-21,22-12-16-24(30-2)17-13-22)23-14-18-25(31-3)19-15-23/h6-8,10-19,29H,4-5,9,20,28H2,1-3H3. The van der Waals surface area contributed by atoms with Crippen molar-refractivity contribution < 1.29 is 14.6 Å². The summed E-state index contributed by atoms with van der Waals surface area (Å²) < 4.78 is 10.8. The molecule has 0 aliphatic carbocycles. The molecule has 4 nitrogen and oxygen atoms in total. The number of ether oxygens (including phenoxy) is 2. The Morgan fingerprint density at radius 2 is 1.16 bits per heavy atom. The fraction of sp³-hybridized carbons (Fsp3) is 0.333. The molecule has 3 N–H and O–H groups in total. The molecule has 4 heteroatoms. The van der Waals surface area contributed by atoms with Gasteiger partial charge in [-0.25, -0.2) is 0 Å². The number of rotatable bonds is 10. The fourth-order valence-electron chi connectivity index (χ4n) is 4.45. The third-order valence-corrected chi connectivity index (χ3v) is 6.06. The highest BCUT2D eigenvalue weighted by atomic mass is 16.5. The van der Waals surface area contributed by atoms with Gasteiger partial charge in [-0.15, -0.1) is 0 Å². The molecule has 1 atom stereocenters. The Morgan fingerprint density at radius 3 is 1.58 bits per heavy atom. The van der Waals surface area contributed by atoms with Crippen LogP contribution in [0.5, 0.6) is 11.5 Å². The van der Waals surface area contributed by atoms with Crippen LogP contribution >= 0.6 is 0 Å². The lowest BCUT2D eigenvalue weighted by molar-refractivity contribution is -0.0123. The van der Waals surface area contributed by atoms with E-state index in [0.717, 1.165) is 47.5 Å². The zero-order valence-corrected chi connectivity index (χ0v) is 18.7. The smallest absolute Gasteiger partial charge is 0.131 e. The van der Waals surface area contributed by atoms with Crippen LogP contribution in [0.2, 0.25) is 0 Å². The maximum absolute atomic E-state index is 12.0. The molecule has 0 amide bonds. The zero-order valence-electron chi connectivity index (χ0n) is 18.7. The summed E-state index contributed by atoms with van der Waals surface area (Å²) in [6.45, 7) is 2.15. The zero-order chi connectivity index (χ0) is 22.3. The lowest BCUT2D eigenvalue weighted by Crippen LogP contribution is -2.59. The highest BCUT2D eigenvalue weighted by Crippen LogP contribution is 2.48. The van der Waals surface area contributed by atoms with Crippen LogP contribution in [0.25, 0.3) is 0 Å². The molecule has 0 radical (unpaired) electrons. The Kier molecular flexibility index (Phi) is 7.37. The average molecular weight is 420 g/mol. The predicted molar refractivity (Wildman–Crippen MR) is 126 cm³/mol. The molecule has 0 fully saturated rings. The van der Waals surface area contributed by atoms with Gasteiger partial charge in [0.1, 0.15) is 17.2 Å². The first kappa shape index (κ1) is 22.9. The number of unbranched alkanes of at least 4 members (excludes halogenated alkanes) is 2. The van der Waals surface area contributed by atoms with Gasteiger partial charge in [0, 0.05) is 0 Å². The van der Waals surface area contributed by atoms with E-state index in [4.69, 9.17) is 15.2 Å². The van der Waals surface area contributed by atoms with Crippen LogP contribution in [0, 0.1) is 0 Å². The highest BCUT2D eigenvalue weighted by Gasteiger charge is 2.51. The monoisotopic (exact) mass is 419 g/mol. The Bertz CT molecular complexity index is 887. The molecule has 0 heterocycles. The number of nitrogens with two attached hydrogens (primary N) is 1. The minimum absolute atomic E-state index is 0.466. The first-order chi connectivity index (χ1) is 15.0. The Hall–Kier alpha value is -2.82. The molecule has 0 spiro atoms. The van der Waals surface area contributed by atoms with E-state index in [-0.39, 0.29) is 0 Å². The third-order valence-electron chi connectivity index (χ3n) is 6.06. The number of methoxy groups -OCH3 is 2. The number of hydrogen-bond donors (Lipinski definition) is 2. The summed E-state index contributed by atoms with van der Waals surface area (Å²) in [6, 6.07) is 25.7. The maximum atomic E-state index is 12.0. The van der Waals surface area contributed by atoms with Gasteiger partial charge in [-0.05, 0) is 53.8 Å². The molecule has 0 aliphatic rings. The Morgan fingerprint density at radius 1 is 0.710 bits per heavy atom. The molecule has 0 aromatic heterocycles. The fourth-order valence-corrected chi connectivity index (χ4v) is 4.45.